The number of halogens is 1. The van der Waals surface area contributed by atoms with Crippen molar-refractivity contribution in [2.75, 3.05) is 6.61 Å². The molecule has 6 heteroatoms. The fourth-order valence-corrected chi connectivity index (χ4v) is 0.863. The van der Waals surface area contributed by atoms with E-state index in [2.05, 4.69) is 5.10 Å². The van der Waals surface area contributed by atoms with Crippen LogP contribution < -0.4 is 4.84 Å². The number of carboxylic acids is 1. The minimum atomic E-state index is -0.831. The van der Waals surface area contributed by atoms with Gasteiger partial charge in [0.2, 0.25) is 0 Å². The largest absolute Gasteiger partial charge is 0.481 e. The summed E-state index contributed by atoms with van der Waals surface area (Å²) in [6.45, 7) is 0.310. The molecule has 1 heterocycles. The minimum Gasteiger partial charge on any atom is -0.481 e. The van der Waals surface area contributed by atoms with Crippen molar-refractivity contribution in [2.24, 2.45) is 0 Å². The smallest absolute Gasteiger partial charge is 0.303 e. The predicted octanol–water partition coefficient (Wildman–Crippen LogP) is 0.830. The molecule has 1 rings (SSSR count). The van der Waals surface area contributed by atoms with Crippen molar-refractivity contribution in [3.05, 3.63) is 17.4 Å². The van der Waals surface area contributed by atoms with E-state index in [1.54, 1.807) is 0 Å². The SMILES string of the molecule is O=C(O)CCCOn1cc(Cl)cn1. The van der Waals surface area contributed by atoms with Crippen LogP contribution in [-0.4, -0.2) is 27.6 Å². The van der Waals surface area contributed by atoms with E-state index in [0.29, 0.717) is 18.1 Å². The monoisotopic (exact) mass is 204 g/mol. The van der Waals surface area contributed by atoms with Gasteiger partial charge >= 0.3 is 5.97 Å². The summed E-state index contributed by atoms with van der Waals surface area (Å²) in [7, 11) is 0. The molecule has 0 fully saturated rings. The second-order valence-electron chi connectivity index (χ2n) is 2.39. The number of nitrogens with zero attached hydrogens (tertiary/aromatic N) is 2. The third-order valence-corrected chi connectivity index (χ3v) is 1.48. The Morgan fingerprint density at radius 3 is 3.08 bits per heavy atom. The van der Waals surface area contributed by atoms with Crippen LogP contribution in [0.25, 0.3) is 0 Å². The molecule has 0 aliphatic carbocycles. The van der Waals surface area contributed by atoms with Crippen LogP contribution in [0.15, 0.2) is 12.4 Å². The van der Waals surface area contributed by atoms with E-state index in [1.807, 2.05) is 0 Å². The molecule has 0 saturated carbocycles. The van der Waals surface area contributed by atoms with Crippen LogP contribution in [0.2, 0.25) is 5.02 Å². The molecule has 0 unspecified atom stereocenters. The molecule has 1 N–H and O–H groups in total. The van der Waals surface area contributed by atoms with E-state index in [1.165, 1.54) is 17.2 Å². The number of carbonyl (C=O) groups is 1. The highest BCUT2D eigenvalue weighted by Gasteiger charge is 1.98. The second kappa shape index (κ2) is 4.71. The van der Waals surface area contributed by atoms with Gasteiger partial charge in [0.1, 0.15) is 6.61 Å². The van der Waals surface area contributed by atoms with Crippen molar-refractivity contribution in [2.45, 2.75) is 12.8 Å². The van der Waals surface area contributed by atoms with Gasteiger partial charge in [-0.1, -0.05) is 11.6 Å². The van der Waals surface area contributed by atoms with E-state index in [9.17, 15) is 4.79 Å². The molecule has 1 aromatic heterocycles. The Morgan fingerprint density at radius 2 is 2.54 bits per heavy atom. The fraction of sp³-hybridized carbons (Fsp3) is 0.429. The lowest BCUT2D eigenvalue weighted by Crippen LogP contribution is -2.13. The zero-order valence-electron chi connectivity index (χ0n) is 6.81. The highest BCUT2D eigenvalue weighted by atomic mass is 35.5. The molecule has 72 valence electrons. The van der Waals surface area contributed by atoms with Crippen molar-refractivity contribution in [3.8, 4) is 0 Å². The number of aromatic nitrogens is 2. The highest BCUT2D eigenvalue weighted by molar-refractivity contribution is 6.30. The van der Waals surface area contributed by atoms with Crippen LogP contribution in [0.1, 0.15) is 12.8 Å². The summed E-state index contributed by atoms with van der Waals surface area (Å²) in [5.74, 6) is -0.831. The average Bonchev–Trinajstić information content (AvgIpc) is 2.45. The molecule has 0 spiro atoms. The van der Waals surface area contributed by atoms with Crippen molar-refractivity contribution in [1.29, 1.82) is 0 Å². The lowest BCUT2D eigenvalue weighted by molar-refractivity contribution is -0.137. The Kier molecular flexibility index (Phi) is 3.57. The number of hydrogen-bond acceptors (Lipinski definition) is 3. The lowest BCUT2D eigenvalue weighted by Gasteiger charge is -2.02. The van der Waals surface area contributed by atoms with Gasteiger partial charge in [-0.25, -0.2) is 0 Å². The Bertz CT molecular complexity index is 287. The molecular formula is C7H9ClN2O3. The van der Waals surface area contributed by atoms with E-state index in [-0.39, 0.29) is 6.42 Å². The topological polar surface area (TPSA) is 64.3 Å². The summed E-state index contributed by atoms with van der Waals surface area (Å²) in [5, 5.41) is 12.5. The summed E-state index contributed by atoms with van der Waals surface area (Å²) in [6, 6.07) is 0. The summed E-state index contributed by atoms with van der Waals surface area (Å²) in [4.78, 5) is 16.4. The van der Waals surface area contributed by atoms with Crippen LogP contribution in [-0.2, 0) is 4.79 Å². The molecule has 0 radical (unpaired) electrons. The number of carboxylic acid groups (broad SMARTS) is 1. The molecule has 0 aromatic carbocycles. The van der Waals surface area contributed by atoms with Gasteiger partial charge in [-0.15, -0.1) is 9.94 Å². The first-order valence-corrected chi connectivity index (χ1v) is 4.11. The standard InChI is InChI=1S/C7H9ClN2O3/c8-6-4-9-10(5-6)13-3-1-2-7(11)12/h4-5H,1-3H2,(H,11,12). The molecular weight excluding hydrogens is 196 g/mol. The Hall–Kier alpha value is -1.23. The van der Waals surface area contributed by atoms with Crippen LogP contribution in [0.3, 0.4) is 0 Å². The molecule has 0 aliphatic rings. The van der Waals surface area contributed by atoms with Crippen molar-refractivity contribution in [1.82, 2.24) is 9.94 Å². The third-order valence-electron chi connectivity index (χ3n) is 1.29. The zero-order chi connectivity index (χ0) is 9.68. The maximum absolute atomic E-state index is 10.1. The number of hydrogen-bond donors (Lipinski definition) is 1. The van der Waals surface area contributed by atoms with Gasteiger partial charge in [-0.05, 0) is 6.42 Å². The van der Waals surface area contributed by atoms with Crippen molar-refractivity contribution < 1.29 is 14.7 Å². The maximum Gasteiger partial charge on any atom is 0.303 e. The molecule has 5 nitrogen and oxygen atoms in total. The maximum atomic E-state index is 10.1. The number of rotatable bonds is 5. The third kappa shape index (κ3) is 3.80. The summed E-state index contributed by atoms with van der Waals surface area (Å²) >= 11 is 5.57. The molecule has 1 aromatic rings. The van der Waals surface area contributed by atoms with E-state index < -0.39 is 5.97 Å². The first-order chi connectivity index (χ1) is 6.18. The first-order valence-electron chi connectivity index (χ1n) is 3.74. The predicted molar refractivity (Wildman–Crippen MR) is 45.6 cm³/mol. The minimum absolute atomic E-state index is 0.0923. The zero-order valence-corrected chi connectivity index (χ0v) is 7.57. The molecule has 0 bridgehead atoms. The first kappa shape index (κ1) is 9.85. The molecule has 13 heavy (non-hydrogen) atoms. The molecule has 0 saturated heterocycles. The highest BCUT2D eigenvalue weighted by Crippen LogP contribution is 2.03. The quantitative estimate of drug-likeness (QED) is 0.722. The Labute approximate surface area is 79.8 Å². The van der Waals surface area contributed by atoms with E-state index in [4.69, 9.17) is 21.5 Å². The van der Waals surface area contributed by atoms with Gasteiger partial charge < -0.3 is 9.94 Å². The van der Waals surface area contributed by atoms with Crippen LogP contribution in [0.4, 0.5) is 0 Å². The molecule has 0 aliphatic heterocycles. The molecule has 0 atom stereocenters. The van der Waals surface area contributed by atoms with E-state index in [0.717, 1.165) is 0 Å². The summed E-state index contributed by atoms with van der Waals surface area (Å²) in [5.41, 5.74) is 0. The summed E-state index contributed by atoms with van der Waals surface area (Å²) in [6.07, 6.45) is 3.49. The Balaban J connectivity index is 2.16. The molecule has 0 amide bonds. The lowest BCUT2D eigenvalue weighted by atomic mass is 10.3. The normalized spacial score (nSPS) is 9.92. The van der Waals surface area contributed by atoms with Crippen molar-refractivity contribution >= 4 is 17.6 Å². The second-order valence-corrected chi connectivity index (χ2v) is 2.83. The summed E-state index contributed by atoms with van der Waals surface area (Å²) < 4.78 is 0. The van der Waals surface area contributed by atoms with Gasteiger partial charge in [-0.3, -0.25) is 4.79 Å². The van der Waals surface area contributed by atoms with Gasteiger partial charge in [0.05, 0.1) is 17.4 Å². The number of aliphatic carboxylic acids is 1. The van der Waals surface area contributed by atoms with Gasteiger partial charge in [-0.2, -0.15) is 0 Å². The van der Waals surface area contributed by atoms with Crippen LogP contribution >= 0.6 is 11.6 Å². The average molecular weight is 205 g/mol. The Morgan fingerprint density at radius 1 is 1.77 bits per heavy atom. The van der Waals surface area contributed by atoms with Gasteiger partial charge in [0.15, 0.2) is 0 Å². The van der Waals surface area contributed by atoms with Crippen LogP contribution in [0.5, 0.6) is 0 Å². The van der Waals surface area contributed by atoms with Gasteiger partial charge in [0.25, 0.3) is 0 Å². The van der Waals surface area contributed by atoms with E-state index >= 15 is 0 Å². The van der Waals surface area contributed by atoms with Crippen LogP contribution in [0, 0.1) is 0 Å². The van der Waals surface area contributed by atoms with Gasteiger partial charge in [0, 0.05) is 6.42 Å². The van der Waals surface area contributed by atoms with Crippen molar-refractivity contribution in [3.63, 3.8) is 0 Å². The fourth-order valence-electron chi connectivity index (χ4n) is 0.736.